The molecule has 0 radical (unpaired) electrons. The Morgan fingerprint density at radius 1 is 1.04 bits per heavy atom. The molecule has 2 aliphatic rings. The molecule has 2 aromatic carbocycles. The van der Waals surface area contributed by atoms with Crippen LogP contribution in [0.3, 0.4) is 0 Å². The van der Waals surface area contributed by atoms with Gasteiger partial charge in [0.2, 0.25) is 6.79 Å². The molecule has 0 aromatic heterocycles. The van der Waals surface area contributed by atoms with Gasteiger partial charge in [-0.15, -0.1) is 0 Å². The van der Waals surface area contributed by atoms with Gasteiger partial charge < -0.3 is 15.2 Å². The minimum atomic E-state index is -3.44. The van der Waals surface area contributed by atoms with Crippen molar-refractivity contribution in [2.45, 2.75) is 29.0 Å². The molecule has 0 bridgehead atoms. The first-order valence-electron chi connectivity index (χ1n) is 7.44. The third-order valence-electron chi connectivity index (χ3n) is 4.50. The Balaban J connectivity index is 1.65. The maximum absolute atomic E-state index is 12.8. The third-order valence-corrected chi connectivity index (χ3v) is 6.75. The SMILES string of the molecule is Cc1ccc(S(=O)(=O)[C@@H]2[C@H](N)[C@@H]2c2ccc3c(c2)OCO3)cc1. The van der Waals surface area contributed by atoms with Crippen molar-refractivity contribution in [1.82, 2.24) is 0 Å². The van der Waals surface area contributed by atoms with Gasteiger partial charge in [0.25, 0.3) is 0 Å². The first-order valence-corrected chi connectivity index (χ1v) is 8.99. The van der Waals surface area contributed by atoms with Crippen molar-refractivity contribution in [3.8, 4) is 11.5 Å². The van der Waals surface area contributed by atoms with Crippen LogP contribution in [-0.2, 0) is 9.84 Å². The van der Waals surface area contributed by atoms with E-state index in [0.717, 1.165) is 11.1 Å². The van der Waals surface area contributed by atoms with Crippen molar-refractivity contribution in [2.24, 2.45) is 5.73 Å². The Morgan fingerprint density at radius 3 is 2.48 bits per heavy atom. The number of hydrogen-bond donors (Lipinski definition) is 1. The van der Waals surface area contributed by atoms with Gasteiger partial charge in [0, 0.05) is 12.0 Å². The number of hydrogen-bond acceptors (Lipinski definition) is 5. The molecule has 0 spiro atoms. The minimum absolute atomic E-state index is 0.195. The van der Waals surface area contributed by atoms with Crippen LogP contribution < -0.4 is 15.2 Å². The summed E-state index contributed by atoms with van der Waals surface area (Å²) in [5, 5.41) is -0.592. The van der Waals surface area contributed by atoms with E-state index in [4.69, 9.17) is 15.2 Å². The number of sulfone groups is 1. The van der Waals surface area contributed by atoms with Gasteiger partial charge in [-0.05, 0) is 36.8 Å². The van der Waals surface area contributed by atoms with Gasteiger partial charge in [-0.25, -0.2) is 8.42 Å². The molecule has 1 aliphatic carbocycles. The predicted octanol–water partition coefficient (Wildman–Crippen LogP) is 1.99. The Bertz CT molecular complexity index is 861. The van der Waals surface area contributed by atoms with E-state index >= 15 is 0 Å². The quantitative estimate of drug-likeness (QED) is 0.930. The minimum Gasteiger partial charge on any atom is -0.454 e. The van der Waals surface area contributed by atoms with Crippen LogP contribution in [0.25, 0.3) is 0 Å². The molecule has 1 fully saturated rings. The molecule has 1 aliphatic heterocycles. The summed E-state index contributed by atoms with van der Waals surface area (Å²) >= 11 is 0. The van der Waals surface area contributed by atoms with E-state index < -0.39 is 21.1 Å². The Labute approximate surface area is 134 Å². The Hall–Kier alpha value is -2.05. The first kappa shape index (κ1) is 14.5. The summed E-state index contributed by atoms with van der Waals surface area (Å²) in [5.74, 6) is 1.12. The number of fused-ring (bicyclic) bond motifs is 1. The molecule has 3 atom stereocenters. The normalized spacial score (nSPS) is 25.4. The Morgan fingerprint density at radius 2 is 1.74 bits per heavy atom. The zero-order chi connectivity index (χ0) is 16.2. The van der Waals surface area contributed by atoms with Crippen LogP contribution in [0.15, 0.2) is 47.4 Å². The fraction of sp³-hybridized carbons (Fsp3) is 0.294. The van der Waals surface area contributed by atoms with Crippen molar-refractivity contribution in [3.63, 3.8) is 0 Å². The fourth-order valence-corrected chi connectivity index (χ4v) is 5.17. The summed E-state index contributed by atoms with van der Waals surface area (Å²) in [6.45, 7) is 2.12. The molecular weight excluding hydrogens is 314 g/mol. The van der Waals surface area contributed by atoms with Crippen molar-refractivity contribution in [3.05, 3.63) is 53.6 Å². The van der Waals surface area contributed by atoms with Crippen molar-refractivity contribution < 1.29 is 17.9 Å². The summed E-state index contributed by atoms with van der Waals surface area (Å²) in [6, 6.07) is 12.0. The second-order valence-corrected chi connectivity index (χ2v) is 8.14. The van der Waals surface area contributed by atoms with E-state index in [2.05, 4.69) is 0 Å². The highest BCUT2D eigenvalue weighted by atomic mass is 32.2. The highest BCUT2D eigenvalue weighted by molar-refractivity contribution is 7.92. The lowest BCUT2D eigenvalue weighted by Crippen LogP contribution is -2.15. The van der Waals surface area contributed by atoms with E-state index in [9.17, 15) is 8.42 Å². The molecule has 1 heterocycles. The first-order chi connectivity index (χ1) is 11.0. The highest BCUT2D eigenvalue weighted by Gasteiger charge is 2.57. The summed E-state index contributed by atoms with van der Waals surface area (Å²) in [4.78, 5) is 0.326. The lowest BCUT2D eigenvalue weighted by Gasteiger charge is -2.05. The fourth-order valence-electron chi connectivity index (χ4n) is 3.12. The number of benzene rings is 2. The lowest BCUT2D eigenvalue weighted by molar-refractivity contribution is 0.174. The van der Waals surface area contributed by atoms with Gasteiger partial charge >= 0.3 is 0 Å². The van der Waals surface area contributed by atoms with Gasteiger partial charge in [-0.1, -0.05) is 23.8 Å². The van der Waals surface area contributed by atoms with E-state index in [1.165, 1.54) is 0 Å². The maximum atomic E-state index is 12.8. The lowest BCUT2D eigenvalue weighted by atomic mass is 10.1. The molecule has 0 unspecified atom stereocenters. The van der Waals surface area contributed by atoms with Crippen LogP contribution in [0.1, 0.15) is 17.0 Å². The second kappa shape index (κ2) is 4.97. The van der Waals surface area contributed by atoms with Crippen LogP contribution in [0.2, 0.25) is 0 Å². The molecule has 1 saturated carbocycles. The summed E-state index contributed by atoms with van der Waals surface area (Å²) in [5.41, 5.74) is 7.99. The molecule has 0 amide bonds. The maximum Gasteiger partial charge on any atom is 0.231 e. The average molecular weight is 331 g/mol. The van der Waals surface area contributed by atoms with Crippen LogP contribution in [0.5, 0.6) is 11.5 Å². The molecular formula is C17H17NO4S. The van der Waals surface area contributed by atoms with Crippen LogP contribution >= 0.6 is 0 Å². The smallest absolute Gasteiger partial charge is 0.231 e. The highest BCUT2D eigenvalue weighted by Crippen LogP contribution is 2.49. The number of aryl methyl sites for hydroxylation is 1. The summed E-state index contributed by atoms with van der Waals surface area (Å²) < 4.78 is 36.2. The van der Waals surface area contributed by atoms with Gasteiger partial charge in [0.15, 0.2) is 21.3 Å². The van der Waals surface area contributed by atoms with E-state index in [1.807, 2.05) is 19.1 Å². The van der Waals surface area contributed by atoms with Crippen LogP contribution in [0.4, 0.5) is 0 Å². The average Bonchev–Trinajstić information content (AvgIpc) is 3.01. The molecule has 23 heavy (non-hydrogen) atoms. The monoisotopic (exact) mass is 331 g/mol. The third kappa shape index (κ3) is 2.29. The van der Waals surface area contributed by atoms with Crippen molar-refractivity contribution >= 4 is 9.84 Å². The molecule has 0 saturated heterocycles. The molecule has 120 valence electrons. The molecule has 5 nitrogen and oxygen atoms in total. The van der Waals surface area contributed by atoms with E-state index in [0.29, 0.717) is 16.4 Å². The summed E-state index contributed by atoms with van der Waals surface area (Å²) in [6.07, 6.45) is 0. The van der Waals surface area contributed by atoms with Crippen molar-refractivity contribution in [2.75, 3.05) is 6.79 Å². The number of nitrogens with two attached hydrogens (primary N) is 1. The van der Waals surface area contributed by atoms with Crippen molar-refractivity contribution in [1.29, 1.82) is 0 Å². The molecule has 4 rings (SSSR count). The molecule has 2 aromatic rings. The standard InChI is InChI=1S/C17H17NO4S/c1-10-2-5-12(6-3-10)23(19,20)17-15(16(17)18)11-4-7-13-14(8-11)22-9-21-13/h2-8,15-17H,9,18H2,1H3/t15-,16+,17-/m0/s1. The zero-order valence-electron chi connectivity index (χ0n) is 12.6. The predicted molar refractivity (Wildman–Crippen MR) is 85.4 cm³/mol. The summed E-state index contributed by atoms with van der Waals surface area (Å²) in [7, 11) is -3.44. The van der Waals surface area contributed by atoms with Gasteiger partial charge in [0.05, 0.1) is 10.1 Å². The van der Waals surface area contributed by atoms with Crippen LogP contribution in [0, 0.1) is 6.92 Å². The second-order valence-electron chi connectivity index (χ2n) is 6.04. The van der Waals surface area contributed by atoms with Gasteiger partial charge in [0.1, 0.15) is 0 Å². The molecule has 2 N–H and O–H groups in total. The largest absolute Gasteiger partial charge is 0.454 e. The number of ether oxygens (including phenoxy) is 2. The zero-order valence-corrected chi connectivity index (χ0v) is 13.4. The van der Waals surface area contributed by atoms with Gasteiger partial charge in [-0.2, -0.15) is 0 Å². The topological polar surface area (TPSA) is 78.6 Å². The van der Waals surface area contributed by atoms with Gasteiger partial charge in [-0.3, -0.25) is 0 Å². The van der Waals surface area contributed by atoms with Crippen LogP contribution in [-0.4, -0.2) is 26.5 Å². The van der Waals surface area contributed by atoms with E-state index in [1.54, 1.807) is 30.3 Å². The van der Waals surface area contributed by atoms with E-state index in [-0.39, 0.29) is 12.7 Å². The molecule has 6 heteroatoms. The Kier molecular flexibility index (Phi) is 3.14. The number of rotatable bonds is 3.